The molecular weight excluding hydrogens is 354 g/mol. The Labute approximate surface area is 153 Å². The van der Waals surface area contributed by atoms with Crippen molar-refractivity contribution < 1.29 is 19.0 Å². The number of rotatable bonds is 5. The predicted molar refractivity (Wildman–Crippen MR) is 97.0 cm³/mol. The number of hydrogen-bond donors (Lipinski definition) is 1. The van der Waals surface area contributed by atoms with Crippen LogP contribution >= 0.6 is 11.3 Å². The molecule has 0 radical (unpaired) electrons. The molecule has 0 fully saturated rings. The molecule has 3 aromatic rings. The van der Waals surface area contributed by atoms with Gasteiger partial charge in [-0.2, -0.15) is 0 Å². The van der Waals surface area contributed by atoms with Crippen molar-refractivity contribution in [3.63, 3.8) is 0 Å². The van der Waals surface area contributed by atoms with Crippen LogP contribution in [-0.2, 0) is 0 Å². The third-order valence-corrected chi connectivity index (χ3v) is 4.45. The van der Waals surface area contributed by atoms with Crippen molar-refractivity contribution in [2.45, 2.75) is 6.92 Å². The molecule has 1 N–H and O–H groups in total. The number of carbonyl (C=O) groups is 1. The second-order valence-electron chi connectivity index (χ2n) is 5.35. The van der Waals surface area contributed by atoms with Crippen molar-refractivity contribution in [1.82, 2.24) is 9.97 Å². The number of benzene rings is 1. The summed E-state index contributed by atoms with van der Waals surface area (Å²) in [5.74, 6) is 1.41. The summed E-state index contributed by atoms with van der Waals surface area (Å²) in [4.78, 5) is 21.1. The van der Waals surface area contributed by atoms with Crippen molar-refractivity contribution in [2.24, 2.45) is 0 Å². The highest BCUT2D eigenvalue weighted by atomic mass is 32.1. The highest BCUT2D eigenvalue weighted by molar-refractivity contribution is 7.14. The van der Waals surface area contributed by atoms with Gasteiger partial charge in [0, 0.05) is 17.1 Å². The molecule has 1 amide bonds. The van der Waals surface area contributed by atoms with Crippen LogP contribution in [0.25, 0.3) is 11.3 Å². The number of pyridine rings is 1. The number of fused-ring (bicyclic) bond motifs is 1. The van der Waals surface area contributed by atoms with E-state index in [9.17, 15) is 4.79 Å². The quantitative estimate of drug-likeness (QED) is 0.740. The van der Waals surface area contributed by atoms with E-state index >= 15 is 0 Å². The van der Waals surface area contributed by atoms with E-state index in [-0.39, 0.29) is 12.7 Å². The lowest BCUT2D eigenvalue weighted by atomic mass is 10.1. The van der Waals surface area contributed by atoms with Crippen LogP contribution in [0.1, 0.15) is 17.3 Å². The molecule has 1 aliphatic rings. The molecule has 0 spiro atoms. The fraction of sp³-hybridized carbons (Fsp3) is 0.167. The van der Waals surface area contributed by atoms with Crippen LogP contribution in [-0.4, -0.2) is 29.3 Å². The topological polar surface area (TPSA) is 82.6 Å². The van der Waals surface area contributed by atoms with Crippen molar-refractivity contribution in [2.75, 3.05) is 18.7 Å². The average molecular weight is 369 g/mol. The first-order valence-electron chi connectivity index (χ1n) is 7.99. The number of aromatic nitrogens is 2. The van der Waals surface area contributed by atoms with Crippen molar-refractivity contribution in [3.8, 4) is 28.6 Å². The Morgan fingerprint density at radius 2 is 2.19 bits per heavy atom. The van der Waals surface area contributed by atoms with E-state index in [2.05, 4.69) is 15.3 Å². The molecule has 0 unspecified atom stereocenters. The molecule has 1 aromatic carbocycles. The molecular formula is C18H15N3O4S. The molecule has 0 bridgehead atoms. The first kappa shape index (κ1) is 16.3. The van der Waals surface area contributed by atoms with Crippen molar-refractivity contribution in [1.29, 1.82) is 0 Å². The molecule has 26 heavy (non-hydrogen) atoms. The largest absolute Gasteiger partial charge is 0.477 e. The lowest BCUT2D eigenvalue weighted by Gasteiger charge is -2.07. The predicted octanol–water partition coefficient (Wildman–Crippen LogP) is 3.58. The lowest BCUT2D eigenvalue weighted by Crippen LogP contribution is -2.14. The zero-order chi connectivity index (χ0) is 17.9. The first-order valence-corrected chi connectivity index (χ1v) is 8.87. The fourth-order valence-corrected chi connectivity index (χ4v) is 3.21. The number of amides is 1. The second-order valence-corrected chi connectivity index (χ2v) is 6.21. The summed E-state index contributed by atoms with van der Waals surface area (Å²) in [6.07, 6.45) is 1.59. The van der Waals surface area contributed by atoms with Gasteiger partial charge in [-0.15, -0.1) is 11.3 Å². The Balaban J connectivity index is 1.53. The summed E-state index contributed by atoms with van der Waals surface area (Å²) in [6.45, 7) is 2.50. The molecule has 3 heterocycles. The molecule has 8 heteroatoms. The van der Waals surface area contributed by atoms with E-state index in [0.29, 0.717) is 28.9 Å². The van der Waals surface area contributed by atoms with Gasteiger partial charge in [0.1, 0.15) is 5.56 Å². The monoisotopic (exact) mass is 369 g/mol. The number of hydrogen-bond acceptors (Lipinski definition) is 7. The Morgan fingerprint density at radius 1 is 1.31 bits per heavy atom. The van der Waals surface area contributed by atoms with Gasteiger partial charge in [-0.3, -0.25) is 10.1 Å². The van der Waals surface area contributed by atoms with E-state index < -0.39 is 0 Å². The van der Waals surface area contributed by atoms with Gasteiger partial charge in [-0.25, -0.2) is 9.97 Å². The maximum absolute atomic E-state index is 12.5. The number of anilines is 1. The summed E-state index contributed by atoms with van der Waals surface area (Å²) >= 11 is 1.34. The minimum absolute atomic E-state index is 0.227. The van der Waals surface area contributed by atoms with Crippen molar-refractivity contribution >= 4 is 22.4 Å². The summed E-state index contributed by atoms with van der Waals surface area (Å²) in [5.41, 5.74) is 2.01. The summed E-state index contributed by atoms with van der Waals surface area (Å²) in [5, 5.41) is 5.16. The maximum atomic E-state index is 12.5. The van der Waals surface area contributed by atoms with Gasteiger partial charge < -0.3 is 14.2 Å². The van der Waals surface area contributed by atoms with Gasteiger partial charge in [0.15, 0.2) is 16.6 Å². The zero-order valence-corrected chi connectivity index (χ0v) is 14.7. The van der Waals surface area contributed by atoms with Gasteiger partial charge in [-0.05, 0) is 37.3 Å². The summed E-state index contributed by atoms with van der Waals surface area (Å²) < 4.78 is 16.1. The fourth-order valence-electron chi connectivity index (χ4n) is 2.50. The molecule has 2 aromatic heterocycles. The molecule has 132 valence electrons. The molecule has 7 nitrogen and oxygen atoms in total. The number of ether oxygens (including phenoxy) is 3. The van der Waals surface area contributed by atoms with Crippen LogP contribution in [0.5, 0.6) is 17.4 Å². The summed E-state index contributed by atoms with van der Waals surface area (Å²) in [6, 6.07) is 8.98. The van der Waals surface area contributed by atoms with E-state index in [1.807, 2.05) is 30.5 Å². The average Bonchev–Trinajstić information content (AvgIpc) is 3.31. The molecule has 4 rings (SSSR count). The van der Waals surface area contributed by atoms with Gasteiger partial charge in [0.2, 0.25) is 12.7 Å². The molecule has 1 aliphatic heterocycles. The highest BCUT2D eigenvalue weighted by Gasteiger charge is 2.17. The maximum Gasteiger partial charge on any atom is 0.262 e. The highest BCUT2D eigenvalue weighted by Crippen LogP contribution is 2.36. The van der Waals surface area contributed by atoms with E-state index in [4.69, 9.17) is 14.2 Å². The molecule has 0 saturated heterocycles. The molecule has 0 atom stereocenters. The van der Waals surface area contributed by atoms with Crippen LogP contribution in [0.3, 0.4) is 0 Å². The van der Waals surface area contributed by atoms with Crippen LogP contribution < -0.4 is 19.5 Å². The Bertz CT molecular complexity index is 957. The number of carbonyl (C=O) groups excluding carboxylic acids is 1. The van der Waals surface area contributed by atoms with E-state index in [1.165, 1.54) is 11.3 Å². The Hall–Kier alpha value is -3.13. The standard InChI is InChI=1S/C18H15N3O4S/c1-2-23-17-12(4-3-7-19-17)16(22)21-18-20-13(9-26-18)11-5-6-14-15(8-11)25-10-24-14/h3-9H,2,10H2,1H3,(H,20,21,22). The van der Waals surface area contributed by atoms with Gasteiger partial charge in [-0.1, -0.05) is 0 Å². The van der Waals surface area contributed by atoms with E-state index in [0.717, 1.165) is 17.0 Å². The number of thiazole rings is 1. The van der Waals surface area contributed by atoms with Crippen LogP contribution in [0.2, 0.25) is 0 Å². The molecule has 0 aliphatic carbocycles. The van der Waals surface area contributed by atoms with Crippen LogP contribution in [0.15, 0.2) is 41.9 Å². The van der Waals surface area contributed by atoms with Gasteiger partial charge in [0.25, 0.3) is 5.91 Å². The third kappa shape index (κ3) is 3.18. The van der Waals surface area contributed by atoms with Crippen LogP contribution in [0, 0.1) is 0 Å². The first-order chi connectivity index (χ1) is 12.7. The van der Waals surface area contributed by atoms with E-state index in [1.54, 1.807) is 18.3 Å². The molecule has 0 saturated carbocycles. The Morgan fingerprint density at radius 3 is 3.08 bits per heavy atom. The third-order valence-electron chi connectivity index (χ3n) is 3.69. The van der Waals surface area contributed by atoms with Crippen LogP contribution in [0.4, 0.5) is 5.13 Å². The minimum atomic E-state index is -0.312. The lowest BCUT2D eigenvalue weighted by molar-refractivity contribution is 0.102. The van der Waals surface area contributed by atoms with Crippen molar-refractivity contribution in [3.05, 3.63) is 47.5 Å². The van der Waals surface area contributed by atoms with Gasteiger partial charge >= 0.3 is 0 Å². The summed E-state index contributed by atoms with van der Waals surface area (Å²) in [7, 11) is 0. The number of nitrogens with one attached hydrogen (secondary N) is 1. The van der Waals surface area contributed by atoms with Gasteiger partial charge in [0.05, 0.1) is 12.3 Å². The SMILES string of the molecule is CCOc1ncccc1C(=O)Nc1nc(-c2ccc3c(c2)OCO3)cs1. The zero-order valence-electron chi connectivity index (χ0n) is 13.9. The Kier molecular flexibility index (Phi) is 4.40. The minimum Gasteiger partial charge on any atom is -0.477 e. The second kappa shape index (κ2) is 7.01. The smallest absolute Gasteiger partial charge is 0.262 e. The number of nitrogens with zero attached hydrogens (tertiary/aromatic N) is 2. The normalized spacial score (nSPS) is 12.0.